The smallest absolute Gasteiger partial charge is 0.329 e. The number of aryl methyl sites for hydroxylation is 1. The van der Waals surface area contributed by atoms with Crippen LogP contribution in [-0.4, -0.2) is 33.0 Å². The lowest BCUT2D eigenvalue weighted by atomic mass is 9.79. The number of carboxylic acids is 1. The third-order valence-corrected chi connectivity index (χ3v) is 5.72. The normalized spacial score (nSPS) is 17.9. The van der Waals surface area contributed by atoms with Crippen molar-refractivity contribution in [3.63, 3.8) is 0 Å². The predicted octanol–water partition coefficient (Wildman–Crippen LogP) is 3.53. The summed E-state index contributed by atoms with van der Waals surface area (Å²) in [6, 6.07) is 1.47. The van der Waals surface area contributed by atoms with Crippen molar-refractivity contribution >= 4 is 11.9 Å². The third-order valence-electron chi connectivity index (χ3n) is 5.72. The standard InChI is InChI=1S/C21H30F2N2O4/c1-5-16-14(4)12-15(18(27)25(16)11-6-13(2)3)17(26)24-20(19(28)29)7-9-21(22,23)10-8-20/h12-13H,5-11H2,1-4H3,(H,24,26)(H,28,29). The van der Waals surface area contributed by atoms with Crippen molar-refractivity contribution in [3.05, 3.63) is 33.2 Å². The first kappa shape index (κ1) is 23.0. The lowest BCUT2D eigenvalue weighted by Gasteiger charge is -2.37. The maximum atomic E-state index is 13.5. The van der Waals surface area contributed by atoms with E-state index >= 15 is 0 Å². The highest BCUT2D eigenvalue weighted by atomic mass is 19.3. The fraction of sp³-hybridized carbons (Fsp3) is 0.667. The van der Waals surface area contributed by atoms with Crippen LogP contribution in [0.3, 0.4) is 0 Å². The molecule has 1 saturated carbocycles. The average molecular weight is 412 g/mol. The van der Waals surface area contributed by atoms with Gasteiger partial charge in [0, 0.05) is 25.1 Å². The highest BCUT2D eigenvalue weighted by molar-refractivity contribution is 5.97. The molecule has 0 spiro atoms. The summed E-state index contributed by atoms with van der Waals surface area (Å²) in [5, 5.41) is 12.0. The Hall–Kier alpha value is -2.25. The summed E-state index contributed by atoms with van der Waals surface area (Å²) in [6.45, 7) is 8.26. The van der Waals surface area contributed by atoms with Gasteiger partial charge in [0.25, 0.3) is 11.5 Å². The Morgan fingerprint density at radius 1 is 1.24 bits per heavy atom. The topological polar surface area (TPSA) is 88.4 Å². The van der Waals surface area contributed by atoms with E-state index in [4.69, 9.17) is 0 Å². The van der Waals surface area contributed by atoms with E-state index in [0.717, 1.165) is 17.7 Å². The minimum atomic E-state index is -2.94. The predicted molar refractivity (Wildman–Crippen MR) is 106 cm³/mol. The second kappa shape index (κ2) is 8.63. The molecule has 1 aliphatic rings. The number of rotatable bonds is 7. The van der Waals surface area contributed by atoms with Crippen LogP contribution >= 0.6 is 0 Å². The van der Waals surface area contributed by atoms with E-state index in [1.165, 1.54) is 6.07 Å². The molecular formula is C21H30F2N2O4. The van der Waals surface area contributed by atoms with Gasteiger partial charge in [0.15, 0.2) is 0 Å². The zero-order chi connectivity index (χ0) is 22.0. The molecule has 0 aromatic carbocycles. The van der Waals surface area contributed by atoms with Gasteiger partial charge in [-0.25, -0.2) is 13.6 Å². The van der Waals surface area contributed by atoms with Gasteiger partial charge in [-0.15, -0.1) is 0 Å². The van der Waals surface area contributed by atoms with Crippen molar-refractivity contribution in [1.29, 1.82) is 0 Å². The second-order valence-corrected chi connectivity index (χ2v) is 8.38. The molecule has 0 aliphatic heterocycles. The largest absolute Gasteiger partial charge is 0.480 e. The molecule has 162 valence electrons. The summed E-state index contributed by atoms with van der Waals surface area (Å²) in [4.78, 5) is 37.7. The summed E-state index contributed by atoms with van der Waals surface area (Å²) < 4.78 is 28.6. The number of aliphatic carboxylic acids is 1. The molecule has 1 heterocycles. The molecule has 0 unspecified atom stereocenters. The lowest BCUT2D eigenvalue weighted by Crippen LogP contribution is -2.58. The number of nitrogens with zero attached hydrogens (tertiary/aromatic N) is 1. The molecule has 1 aromatic rings. The van der Waals surface area contributed by atoms with Crippen molar-refractivity contribution in [2.24, 2.45) is 5.92 Å². The van der Waals surface area contributed by atoms with Crippen molar-refractivity contribution < 1.29 is 23.5 Å². The van der Waals surface area contributed by atoms with Crippen LogP contribution in [0.25, 0.3) is 0 Å². The Morgan fingerprint density at radius 3 is 2.31 bits per heavy atom. The first-order valence-electron chi connectivity index (χ1n) is 10.1. The number of aromatic nitrogens is 1. The average Bonchev–Trinajstić information content (AvgIpc) is 2.63. The summed E-state index contributed by atoms with van der Waals surface area (Å²) in [7, 11) is 0. The molecule has 1 amide bonds. The molecular weight excluding hydrogens is 382 g/mol. The number of carboxylic acid groups (broad SMARTS) is 1. The summed E-state index contributed by atoms with van der Waals surface area (Å²) in [5.41, 5.74) is -0.822. The molecule has 1 fully saturated rings. The Morgan fingerprint density at radius 2 is 1.83 bits per heavy atom. The number of pyridine rings is 1. The van der Waals surface area contributed by atoms with Crippen LogP contribution in [0.4, 0.5) is 8.78 Å². The summed E-state index contributed by atoms with van der Waals surface area (Å²) in [6.07, 6.45) is -0.623. The first-order valence-corrected chi connectivity index (χ1v) is 10.1. The van der Waals surface area contributed by atoms with Crippen LogP contribution in [0.2, 0.25) is 0 Å². The molecule has 6 nitrogen and oxygen atoms in total. The molecule has 0 radical (unpaired) electrons. The van der Waals surface area contributed by atoms with Gasteiger partial charge < -0.3 is 15.0 Å². The quantitative estimate of drug-likeness (QED) is 0.717. The molecule has 2 rings (SSSR count). The molecule has 0 bridgehead atoms. The fourth-order valence-electron chi connectivity index (χ4n) is 3.82. The van der Waals surface area contributed by atoms with Crippen LogP contribution < -0.4 is 10.9 Å². The Balaban J connectivity index is 2.39. The Bertz CT molecular complexity index is 836. The van der Waals surface area contributed by atoms with Crippen LogP contribution in [0.15, 0.2) is 10.9 Å². The first-order chi connectivity index (χ1) is 13.4. The zero-order valence-corrected chi connectivity index (χ0v) is 17.5. The van der Waals surface area contributed by atoms with Gasteiger partial charge in [-0.3, -0.25) is 9.59 Å². The van der Waals surface area contributed by atoms with Gasteiger partial charge in [-0.1, -0.05) is 20.8 Å². The molecule has 1 aromatic heterocycles. The number of hydrogen-bond acceptors (Lipinski definition) is 3. The van der Waals surface area contributed by atoms with E-state index < -0.39 is 41.7 Å². The lowest BCUT2D eigenvalue weighted by molar-refractivity contribution is -0.150. The zero-order valence-electron chi connectivity index (χ0n) is 17.5. The molecule has 8 heteroatoms. The number of carbonyl (C=O) groups excluding carboxylic acids is 1. The van der Waals surface area contributed by atoms with Gasteiger partial charge in [0.1, 0.15) is 11.1 Å². The summed E-state index contributed by atoms with van der Waals surface area (Å²) in [5.74, 6) is -4.76. The van der Waals surface area contributed by atoms with E-state index in [2.05, 4.69) is 5.32 Å². The molecule has 1 aliphatic carbocycles. The minimum absolute atomic E-state index is 0.151. The van der Waals surface area contributed by atoms with Gasteiger partial charge in [0.05, 0.1) is 0 Å². The van der Waals surface area contributed by atoms with Gasteiger partial charge >= 0.3 is 5.97 Å². The van der Waals surface area contributed by atoms with Crippen LogP contribution in [0, 0.1) is 12.8 Å². The maximum Gasteiger partial charge on any atom is 0.329 e. The van der Waals surface area contributed by atoms with Crippen LogP contribution in [-0.2, 0) is 17.8 Å². The van der Waals surface area contributed by atoms with E-state index in [0.29, 0.717) is 18.9 Å². The molecule has 29 heavy (non-hydrogen) atoms. The van der Waals surface area contributed by atoms with E-state index in [9.17, 15) is 28.3 Å². The van der Waals surface area contributed by atoms with Gasteiger partial charge in [-0.05, 0) is 50.2 Å². The number of hydrogen-bond donors (Lipinski definition) is 2. The highest BCUT2D eigenvalue weighted by Gasteiger charge is 2.49. The number of halogens is 2. The van der Waals surface area contributed by atoms with Crippen molar-refractivity contribution in [3.8, 4) is 0 Å². The molecule has 2 N–H and O–H groups in total. The number of nitrogens with one attached hydrogen (secondary N) is 1. The van der Waals surface area contributed by atoms with Crippen molar-refractivity contribution in [1.82, 2.24) is 9.88 Å². The van der Waals surface area contributed by atoms with Gasteiger partial charge in [-0.2, -0.15) is 0 Å². The maximum absolute atomic E-state index is 13.5. The third kappa shape index (κ3) is 5.03. The number of amides is 1. The van der Waals surface area contributed by atoms with Crippen LogP contribution in [0.5, 0.6) is 0 Å². The highest BCUT2D eigenvalue weighted by Crippen LogP contribution is 2.38. The van der Waals surface area contributed by atoms with E-state index in [-0.39, 0.29) is 18.4 Å². The summed E-state index contributed by atoms with van der Waals surface area (Å²) >= 11 is 0. The Kier molecular flexibility index (Phi) is 6.86. The van der Waals surface area contributed by atoms with Crippen molar-refractivity contribution in [2.45, 2.75) is 84.2 Å². The SMILES string of the molecule is CCc1c(C)cc(C(=O)NC2(C(=O)O)CCC(F)(F)CC2)c(=O)n1CCC(C)C. The van der Waals surface area contributed by atoms with Gasteiger partial charge in [0.2, 0.25) is 5.92 Å². The van der Waals surface area contributed by atoms with Crippen molar-refractivity contribution in [2.75, 3.05) is 0 Å². The van der Waals surface area contributed by atoms with E-state index in [1.807, 2.05) is 20.8 Å². The van der Waals surface area contributed by atoms with E-state index in [1.54, 1.807) is 11.5 Å². The minimum Gasteiger partial charge on any atom is -0.480 e. The Labute approximate surface area is 169 Å². The molecule has 0 atom stereocenters. The number of alkyl halides is 2. The fourth-order valence-corrected chi connectivity index (χ4v) is 3.82. The monoisotopic (exact) mass is 412 g/mol. The second-order valence-electron chi connectivity index (χ2n) is 8.38. The van der Waals surface area contributed by atoms with Crippen LogP contribution in [0.1, 0.15) is 74.5 Å². The number of carbonyl (C=O) groups is 2. The molecule has 0 saturated heterocycles.